The number of benzene rings is 2. The highest BCUT2D eigenvalue weighted by atomic mass is 15.6. The predicted octanol–water partition coefficient (Wildman–Crippen LogP) is 3.70. The van der Waals surface area contributed by atoms with Gasteiger partial charge in [-0.05, 0) is 34.4 Å². The molecule has 1 aliphatic heterocycles. The normalized spacial score (nSPS) is 19.9. The van der Waals surface area contributed by atoms with Crippen molar-refractivity contribution in [2.24, 2.45) is 0 Å². The largest absolute Gasteiger partial charge is 0.297 e. The number of hydrogen-bond acceptors (Lipinski definition) is 5. The van der Waals surface area contributed by atoms with E-state index in [9.17, 15) is 0 Å². The van der Waals surface area contributed by atoms with Crippen LogP contribution >= 0.6 is 0 Å². The average molecular weight is 403 g/mol. The molecule has 2 aromatic carbocycles. The van der Waals surface area contributed by atoms with E-state index in [1.165, 1.54) is 36.8 Å². The lowest BCUT2D eigenvalue weighted by Crippen LogP contribution is -2.48. The molecule has 0 bridgehead atoms. The highest BCUT2D eigenvalue weighted by Gasteiger charge is 2.32. The first-order valence-electron chi connectivity index (χ1n) is 11.2. The molecule has 1 atom stereocenters. The summed E-state index contributed by atoms with van der Waals surface area (Å²) < 4.78 is 2.13. The minimum absolute atomic E-state index is 0.112. The number of aromatic nitrogens is 4. The molecule has 0 unspecified atom stereocenters. The summed E-state index contributed by atoms with van der Waals surface area (Å²) in [5, 5.41) is 13.1. The van der Waals surface area contributed by atoms with Crippen molar-refractivity contribution in [3.63, 3.8) is 0 Å². The fraction of sp³-hybridized carbons (Fsp3) is 0.458. The first-order chi connectivity index (χ1) is 14.9. The minimum atomic E-state index is 0.112. The van der Waals surface area contributed by atoms with Gasteiger partial charge in [-0.3, -0.25) is 9.80 Å². The van der Waals surface area contributed by atoms with Crippen LogP contribution in [0.5, 0.6) is 0 Å². The Kier molecular flexibility index (Phi) is 5.86. The van der Waals surface area contributed by atoms with E-state index in [0.29, 0.717) is 6.04 Å². The maximum atomic E-state index is 4.55. The van der Waals surface area contributed by atoms with Crippen LogP contribution < -0.4 is 0 Å². The van der Waals surface area contributed by atoms with Crippen molar-refractivity contribution >= 4 is 0 Å². The third-order valence-electron chi connectivity index (χ3n) is 6.57. The molecular weight excluding hydrogens is 372 g/mol. The van der Waals surface area contributed by atoms with Crippen molar-refractivity contribution in [2.45, 2.75) is 44.3 Å². The molecule has 1 aliphatic carbocycles. The molecule has 2 aliphatic rings. The lowest BCUT2D eigenvalue weighted by atomic mass is 10.0. The molecule has 0 spiro atoms. The van der Waals surface area contributed by atoms with E-state index < -0.39 is 0 Å². The smallest absolute Gasteiger partial charge is 0.173 e. The average Bonchev–Trinajstić information content (AvgIpc) is 3.49. The predicted molar refractivity (Wildman–Crippen MR) is 117 cm³/mol. The third-order valence-corrected chi connectivity index (χ3v) is 6.57. The van der Waals surface area contributed by atoms with Crippen molar-refractivity contribution in [3.05, 3.63) is 77.6 Å². The maximum Gasteiger partial charge on any atom is 0.173 e. The Balaban J connectivity index is 1.36. The molecule has 1 aromatic heterocycles. The molecule has 156 valence electrons. The van der Waals surface area contributed by atoms with E-state index in [0.717, 1.165) is 38.5 Å². The van der Waals surface area contributed by atoms with Crippen LogP contribution in [-0.2, 0) is 6.54 Å². The summed E-state index contributed by atoms with van der Waals surface area (Å²) in [5.74, 6) is 1.00. The molecule has 0 N–H and O–H groups in total. The van der Waals surface area contributed by atoms with Gasteiger partial charge in [0, 0.05) is 32.7 Å². The van der Waals surface area contributed by atoms with Crippen LogP contribution in [0.1, 0.15) is 54.7 Å². The van der Waals surface area contributed by atoms with E-state index in [-0.39, 0.29) is 6.04 Å². The van der Waals surface area contributed by atoms with Crippen LogP contribution in [0.2, 0.25) is 0 Å². The van der Waals surface area contributed by atoms with Crippen molar-refractivity contribution in [1.29, 1.82) is 0 Å². The van der Waals surface area contributed by atoms with Gasteiger partial charge < -0.3 is 0 Å². The van der Waals surface area contributed by atoms with Crippen molar-refractivity contribution < 1.29 is 0 Å². The molecule has 2 fully saturated rings. The van der Waals surface area contributed by atoms with Crippen LogP contribution in [0.4, 0.5) is 0 Å². The molecule has 2 heterocycles. The number of nitrogens with zero attached hydrogens (tertiary/aromatic N) is 6. The van der Waals surface area contributed by atoms with Gasteiger partial charge in [-0.15, -0.1) is 5.10 Å². The number of rotatable bonds is 6. The van der Waals surface area contributed by atoms with Crippen LogP contribution in [0.3, 0.4) is 0 Å². The van der Waals surface area contributed by atoms with E-state index in [1.54, 1.807) is 0 Å². The number of tetrazole rings is 1. The Morgan fingerprint density at radius 2 is 1.50 bits per heavy atom. The molecule has 1 saturated heterocycles. The Morgan fingerprint density at radius 3 is 2.20 bits per heavy atom. The van der Waals surface area contributed by atoms with Crippen LogP contribution in [0.25, 0.3) is 0 Å². The zero-order valence-electron chi connectivity index (χ0n) is 17.5. The molecule has 30 heavy (non-hydrogen) atoms. The van der Waals surface area contributed by atoms with Crippen molar-refractivity contribution in [2.75, 3.05) is 26.2 Å². The molecule has 5 rings (SSSR count). The van der Waals surface area contributed by atoms with Gasteiger partial charge in [0.2, 0.25) is 0 Å². The maximum absolute atomic E-state index is 4.55. The van der Waals surface area contributed by atoms with Crippen LogP contribution in [0, 0.1) is 0 Å². The van der Waals surface area contributed by atoms with Gasteiger partial charge >= 0.3 is 0 Å². The highest BCUT2D eigenvalue weighted by molar-refractivity contribution is 5.25. The monoisotopic (exact) mass is 402 g/mol. The Hall–Kier alpha value is -2.57. The summed E-state index contributed by atoms with van der Waals surface area (Å²) in [5.41, 5.74) is 2.67. The van der Waals surface area contributed by atoms with Gasteiger partial charge in [-0.2, -0.15) is 0 Å². The summed E-state index contributed by atoms with van der Waals surface area (Å²) >= 11 is 0. The zero-order chi connectivity index (χ0) is 20.2. The molecule has 0 radical (unpaired) electrons. The minimum Gasteiger partial charge on any atom is -0.297 e. The van der Waals surface area contributed by atoms with Crippen LogP contribution in [-0.4, -0.2) is 56.2 Å². The van der Waals surface area contributed by atoms with Gasteiger partial charge in [0.05, 0.1) is 12.1 Å². The summed E-state index contributed by atoms with van der Waals surface area (Å²) in [4.78, 5) is 5.11. The second-order valence-electron chi connectivity index (χ2n) is 8.53. The lowest BCUT2D eigenvalue weighted by Gasteiger charge is -2.39. The van der Waals surface area contributed by atoms with Gasteiger partial charge in [0.25, 0.3) is 0 Å². The topological polar surface area (TPSA) is 50.1 Å². The Morgan fingerprint density at radius 1 is 0.833 bits per heavy atom. The summed E-state index contributed by atoms with van der Waals surface area (Å²) in [6.07, 6.45) is 4.92. The van der Waals surface area contributed by atoms with E-state index in [1.807, 2.05) is 0 Å². The SMILES string of the molecule is c1ccc(CN2CCN([C@H](c3ccccc3)c3nnnn3C3CCCC3)CC2)cc1. The van der Waals surface area contributed by atoms with E-state index >= 15 is 0 Å². The van der Waals surface area contributed by atoms with Crippen LogP contribution in [0.15, 0.2) is 60.7 Å². The van der Waals surface area contributed by atoms with E-state index in [4.69, 9.17) is 0 Å². The van der Waals surface area contributed by atoms with Gasteiger partial charge in [0.15, 0.2) is 5.82 Å². The fourth-order valence-electron chi connectivity index (χ4n) is 4.97. The summed E-state index contributed by atoms with van der Waals surface area (Å²) in [7, 11) is 0. The Bertz CT molecular complexity index is 911. The van der Waals surface area contributed by atoms with Gasteiger partial charge in [0.1, 0.15) is 0 Å². The summed E-state index contributed by atoms with van der Waals surface area (Å²) in [6, 6.07) is 22.1. The molecular formula is C24H30N6. The van der Waals surface area contributed by atoms with Gasteiger partial charge in [-0.1, -0.05) is 73.5 Å². The molecule has 3 aromatic rings. The molecule has 1 saturated carbocycles. The third kappa shape index (κ3) is 4.16. The van der Waals surface area contributed by atoms with Crippen molar-refractivity contribution in [3.8, 4) is 0 Å². The zero-order valence-corrected chi connectivity index (χ0v) is 17.5. The number of hydrogen-bond donors (Lipinski definition) is 0. The molecule has 0 amide bonds. The standard InChI is InChI=1S/C24H30N6/c1-3-9-20(10-4-1)19-28-15-17-29(18-16-28)23(21-11-5-2-6-12-21)24-25-26-27-30(24)22-13-7-8-14-22/h1-6,9-12,22-23H,7-8,13-19H2/t23-/m1/s1. The quantitative estimate of drug-likeness (QED) is 0.629. The first kappa shape index (κ1) is 19.4. The molecule has 6 nitrogen and oxygen atoms in total. The number of piperazine rings is 1. The van der Waals surface area contributed by atoms with Crippen molar-refractivity contribution in [1.82, 2.24) is 30.0 Å². The molecule has 6 heteroatoms. The van der Waals surface area contributed by atoms with Gasteiger partial charge in [-0.25, -0.2) is 4.68 Å². The second kappa shape index (κ2) is 9.06. The lowest BCUT2D eigenvalue weighted by molar-refractivity contribution is 0.0993. The van der Waals surface area contributed by atoms with E-state index in [2.05, 4.69) is 90.7 Å². The second-order valence-corrected chi connectivity index (χ2v) is 8.53. The Labute approximate surface area is 178 Å². The summed E-state index contributed by atoms with van der Waals surface area (Å²) in [6.45, 7) is 5.17. The fourth-order valence-corrected chi connectivity index (χ4v) is 4.97. The highest BCUT2D eigenvalue weighted by Crippen LogP contribution is 2.34. The first-order valence-corrected chi connectivity index (χ1v) is 11.2.